The first-order chi connectivity index (χ1) is 14.3. The SMILES string of the molecule is CC1(c2cccc(C3CCC(/C=C\N=CN)C3)c2)NC(=O)c2c(Cl)cc(N)c(=O)n21. The fourth-order valence-electron chi connectivity index (χ4n) is 4.59. The van der Waals surface area contributed by atoms with Crippen molar-refractivity contribution < 1.29 is 4.79 Å². The van der Waals surface area contributed by atoms with Crippen molar-refractivity contribution in [1.82, 2.24) is 9.88 Å². The molecule has 30 heavy (non-hydrogen) atoms. The van der Waals surface area contributed by atoms with Crippen molar-refractivity contribution in [1.29, 1.82) is 0 Å². The number of carbonyl (C=O) groups excluding carboxylic acids is 1. The van der Waals surface area contributed by atoms with Gasteiger partial charge in [-0.3, -0.25) is 14.2 Å². The Labute approximate surface area is 179 Å². The molecule has 1 aliphatic carbocycles. The molecule has 0 radical (unpaired) electrons. The number of aliphatic imine (C=N–C) groups is 1. The standard InChI is InChI=1S/C22H24ClN5O2/c1-22(27-20(29)19-17(23)11-18(25)21(30)28(19)22)16-4-2-3-14(10-16)15-6-5-13(9-15)7-8-26-12-24/h2-4,7-8,10-13,15H,5-6,9,25H2,1H3,(H2,24,26)(H,27,29)/b8-7-. The summed E-state index contributed by atoms with van der Waals surface area (Å²) < 4.78 is 1.37. The van der Waals surface area contributed by atoms with Gasteiger partial charge in [0.05, 0.1) is 17.0 Å². The van der Waals surface area contributed by atoms with Crippen LogP contribution in [-0.4, -0.2) is 16.8 Å². The maximum atomic E-state index is 12.8. The van der Waals surface area contributed by atoms with Gasteiger partial charge in [-0.1, -0.05) is 41.9 Å². The minimum Gasteiger partial charge on any atom is -0.394 e. The van der Waals surface area contributed by atoms with Gasteiger partial charge >= 0.3 is 0 Å². The maximum absolute atomic E-state index is 12.8. The third kappa shape index (κ3) is 3.29. The van der Waals surface area contributed by atoms with Gasteiger partial charge in [-0.2, -0.15) is 0 Å². The normalized spacial score (nSPS) is 25.9. The van der Waals surface area contributed by atoms with Crippen molar-refractivity contribution in [3.05, 3.63) is 74.8 Å². The summed E-state index contributed by atoms with van der Waals surface area (Å²) in [5.74, 6) is 0.449. The van der Waals surface area contributed by atoms with Crippen molar-refractivity contribution in [3.63, 3.8) is 0 Å². The van der Waals surface area contributed by atoms with Gasteiger partial charge in [0, 0.05) is 6.20 Å². The van der Waals surface area contributed by atoms with E-state index in [-0.39, 0.29) is 16.4 Å². The van der Waals surface area contributed by atoms with Crippen molar-refractivity contribution in [2.24, 2.45) is 16.6 Å². The Hall–Kier alpha value is -3.06. The largest absolute Gasteiger partial charge is 0.394 e. The van der Waals surface area contributed by atoms with E-state index in [0.29, 0.717) is 11.8 Å². The number of nitrogen functional groups attached to an aromatic ring is 1. The van der Waals surface area contributed by atoms with Crippen molar-refractivity contribution in [3.8, 4) is 0 Å². The second-order valence-corrected chi connectivity index (χ2v) is 8.41. The van der Waals surface area contributed by atoms with Crippen LogP contribution in [0.2, 0.25) is 5.02 Å². The molecule has 2 aromatic rings. The lowest BCUT2D eigenvalue weighted by Gasteiger charge is -2.29. The Balaban J connectivity index is 1.70. The molecule has 1 fully saturated rings. The van der Waals surface area contributed by atoms with E-state index >= 15 is 0 Å². The van der Waals surface area contributed by atoms with Crippen LogP contribution in [0.1, 0.15) is 53.7 Å². The highest BCUT2D eigenvalue weighted by molar-refractivity contribution is 6.34. The Morgan fingerprint density at radius 2 is 2.10 bits per heavy atom. The summed E-state index contributed by atoms with van der Waals surface area (Å²) in [5, 5.41) is 3.09. The second-order valence-electron chi connectivity index (χ2n) is 8.00. The highest BCUT2D eigenvalue weighted by Crippen LogP contribution is 2.40. The van der Waals surface area contributed by atoms with Gasteiger partial charge in [-0.15, -0.1) is 0 Å². The quantitative estimate of drug-likeness (QED) is 0.515. The van der Waals surface area contributed by atoms with Crippen molar-refractivity contribution in [2.45, 2.75) is 37.8 Å². The van der Waals surface area contributed by atoms with Crippen molar-refractivity contribution >= 4 is 29.5 Å². The first-order valence-electron chi connectivity index (χ1n) is 9.89. The number of halogens is 1. The smallest absolute Gasteiger partial charge is 0.276 e. The van der Waals surface area contributed by atoms with Gasteiger partial charge in [-0.25, -0.2) is 4.99 Å². The minimum absolute atomic E-state index is 0.00758. The fraction of sp³-hybridized carbons (Fsp3) is 0.318. The molecular weight excluding hydrogens is 402 g/mol. The third-order valence-electron chi connectivity index (χ3n) is 6.13. The lowest BCUT2D eigenvalue weighted by atomic mass is 9.91. The van der Waals surface area contributed by atoms with E-state index in [1.807, 2.05) is 12.1 Å². The number of benzene rings is 1. The molecule has 3 unspecified atom stereocenters. The van der Waals surface area contributed by atoms with Crippen LogP contribution in [0.25, 0.3) is 0 Å². The summed E-state index contributed by atoms with van der Waals surface area (Å²) in [5.41, 5.74) is 11.8. The van der Waals surface area contributed by atoms with Gasteiger partial charge in [0.15, 0.2) is 0 Å². The zero-order chi connectivity index (χ0) is 21.5. The van der Waals surface area contributed by atoms with Gasteiger partial charge in [0.25, 0.3) is 11.5 Å². The second kappa shape index (κ2) is 7.65. The summed E-state index contributed by atoms with van der Waals surface area (Å²) in [7, 11) is 0. The molecule has 8 heteroatoms. The molecule has 5 N–H and O–H groups in total. The number of fused-ring (bicyclic) bond motifs is 1. The molecule has 156 valence electrons. The molecule has 1 aromatic heterocycles. The number of nitrogens with zero attached hydrogens (tertiary/aromatic N) is 2. The van der Waals surface area contributed by atoms with Crippen LogP contribution in [-0.2, 0) is 5.66 Å². The zero-order valence-corrected chi connectivity index (χ0v) is 17.4. The van der Waals surface area contributed by atoms with Crippen LogP contribution >= 0.6 is 11.6 Å². The Bertz CT molecular complexity index is 1120. The molecule has 2 heterocycles. The Morgan fingerprint density at radius 3 is 2.87 bits per heavy atom. The van der Waals surface area contributed by atoms with E-state index in [9.17, 15) is 9.59 Å². The van der Waals surface area contributed by atoms with Gasteiger partial charge < -0.3 is 16.8 Å². The summed E-state index contributed by atoms with van der Waals surface area (Å²) in [6, 6.07) is 9.35. The molecule has 4 rings (SSSR count). The Morgan fingerprint density at radius 1 is 1.30 bits per heavy atom. The topological polar surface area (TPSA) is 116 Å². The number of allylic oxidation sites excluding steroid dienone is 1. The lowest BCUT2D eigenvalue weighted by molar-refractivity contribution is 0.0941. The molecule has 7 nitrogen and oxygen atoms in total. The highest BCUT2D eigenvalue weighted by atomic mass is 35.5. The van der Waals surface area contributed by atoms with Crippen LogP contribution in [0.5, 0.6) is 0 Å². The van der Waals surface area contributed by atoms with Crippen LogP contribution in [0.3, 0.4) is 0 Å². The summed E-state index contributed by atoms with van der Waals surface area (Å²) in [6.45, 7) is 1.79. The van der Waals surface area contributed by atoms with E-state index in [1.165, 1.54) is 22.5 Å². The van der Waals surface area contributed by atoms with E-state index < -0.39 is 17.1 Å². The summed E-state index contributed by atoms with van der Waals surface area (Å²) in [6.07, 6.45) is 8.26. The molecular formula is C22H24ClN5O2. The average molecular weight is 426 g/mol. The maximum Gasteiger partial charge on any atom is 0.276 e. The molecule has 1 aliphatic heterocycles. The van der Waals surface area contributed by atoms with Crippen molar-refractivity contribution in [2.75, 3.05) is 5.73 Å². The summed E-state index contributed by atoms with van der Waals surface area (Å²) >= 11 is 6.23. The molecule has 1 aromatic carbocycles. The molecule has 0 spiro atoms. The third-order valence-corrected chi connectivity index (χ3v) is 6.41. The Kier molecular flexibility index (Phi) is 5.15. The molecule has 2 aliphatic rings. The van der Waals surface area contributed by atoms with E-state index in [2.05, 4.69) is 28.5 Å². The van der Waals surface area contributed by atoms with Gasteiger partial charge in [0.1, 0.15) is 11.4 Å². The number of amides is 1. The number of nitrogens with one attached hydrogen (secondary N) is 1. The van der Waals surface area contributed by atoms with E-state index in [1.54, 1.807) is 13.1 Å². The van der Waals surface area contributed by atoms with Crippen LogP contribution < -0.4 is 22.3 Å². The summed E-state index contributed by atoms with van der Waals surface area (Å²) in [4.78, 5) is 29.4. The molecule has 1 saturated carbocycles. The monoisotopic (exact) mass is 425 g/mol. The number of aromatic nitrogens is 1. The number of carbonyl (C=O) groups is 1. The zero-order valence-electron chi connectivity index (χ0n) is 16.6. The number of pyridine rings is 1. The first kappa shape index (κ1) is 20.2. The predicted octanol–water partition coefficient (Wildman–Crippen LogP) is 2.93. The first-order valence-corrected chi connectivity index (χ1v) is 10.3. The molecule has 0 bridgehead atoms. The number of rotatable bonds is 4. The number of anilines is 1. The van der Waals surface area contributed by atoms with Gasteiger partial charge in [0.2, 0.25) is 0 Å². The number of hydrogen-bond donors (Lipinski definition) is 3. The molecule has 1 amide bonds. The average Bonchev–Trinajstić information content (AvgIpc) is 3.30. The van der Waals surface area contributed by atoms with Crippen LogP contribution in [0.4, 0.5) is 5.69 Å². The highest BCUT2D eigenvalue weighted by Gasteiger charge is 2.43. The predicted molar refractivity (Wildman–Crippen MR) is 119 cm³/mol. The number of nitrogens with two attached hydrogens (primary N) is 2. The van der Waals surface area contributed by atoms with Gasteiger partial charge in [-0.05, 0) is 55.2 Å². The van der Waals surface area contributed by atoms with Crippen LogP contribution in [0.15, 0.2) is 52.4 Å². The fourth-order valence-corrected chi connectivity index (χ4v) is 4.88. The van der Waals surface area contributed by atoms with E-state index in [4.69, 9.17) is 23.1 Å². The number of hydrogen-bond acceptors (Lipinski definition) is 4. The molecule has 3 atom stereocenters. The van der Waals surface area contributed by atoms with E-state index in [0.717, 1.165) is 24.8 Å². The minimum atomic E-state index is -1.06. The van der Waals surface area contributed by atoms with Crippen LogP contribution in [0, 0.1) is 5.92 Å². The molecule has 0 saturated heterocycles. The lowest BCUT2D eigenvalue weighted by Crippen LogP contribution is -2.46.